The second-order valence-electron chi connectivity index (χ2n) is 7.33. The summed E-state index contributed by atoms with van der Waals surface area (Å²) in [5, 5.41) is 9.33. The van der Waals surface area contributed by atoms with Gasteiger partial charge in [0.25, 0.3) is 0 Å². The summed E-state index contributed by atoms with van der Waals surface area (Å²) in [7, 11) is 0. The average Bonchev–Trinajstić information content (AvgIpc) is 2.65. The SMILES string of the molecule is CC1(C)CN(C(=O)C2CCCC2(C)C)CC(CO)O1. The fraction of sp³-hybridized carbons (Fsp3) is 0.933. The van der Waals surface area contributed by atoms with E-state index >= 15 is 0 Å². The fourth-order valence-corrected chi connectivity index (χ4v) is 3.56. The van der Waals surface area contributed by atoms with Gasteiger partial charge >= 0.3 is 0 Å². The first-order valence-electron chi connectivity index (χ1n) is 7.33. The molecule has 4 heteroatoms. The van der Waals surface area contributed by atoms with Crippen molar-refractivity contribution in [3.05, 3.63) is 0 Å². The Labute approximate surface area is 116 Å². The van der Waals surface area contributed by atoms with Gasteiger partial charge in [-0.1, -0.05) is 20.3 Å². The van der Waals surface area contributed by atoms with Gasteiger partial charge in [0.05, 0.1) is 18.3 Å². The van der Waals surface area contributed by atoms with E-state index < -0.39 is 0 Å². The lowest BCUT2D eigenvalue weighted by molar-refractivity contribution is -0.171. The van der Waals surface area contributed by atoms with Crippen molar-refractivity contribution in [1.29, 1.82) is 0 Å². The van der Waals surface area contributed by atoms with Crippen LogP contribution < -0.4 is 0 Å². The topological polar surface area (TPSA) is 49.8 Å². The predicted octanol–water partition coefficient (Wildman–Crippen LogP) is 1.81. The zero-order valence-electron chi connectivity index (χ0n) is 12.6. The molecule has 0 radical (unpaired) electrons. The van der Waals surface area contributed by atoms with Gasteiger partial charge in [-0.15, -0.1) is 0 Å². The summed E-state index contributed by atoms with van der Waals surface area (Å²) in [5.74, 6) is 0.373. The van der Waals surface area contributed by atoms with Crippen molar-refractivity contribution in [3.8, 4) is 0 Å². The van der Waals surface area contributed by atoms with E-state index in [0.29, 0.717) is 13.1 Å². The minimum atomic E-state index is -0.371. The number of rotatable bonds is 2. The molecule has 110 valence electrons. The van der Waals surface area contributed by atoms with Crippen molar-refractivity contribution in [2.75, 3.05) is 19.7 Å². The number of hydrogen-bond donors (Lipinski definition) is 1. The van der Waals surface area contributed by atoms with E-state index in [1.807, 2.05) is 18.7 Å². The summed E-state index contributed by atoms with van der Waals surface area (Å²) in [6.07, 6.45) is 3.01. The minimum Gasteiger partial charge on any atom is -0.394 e. The maximum Gasteiger partial charge on any atom is 0.226 e. The van der Waals surface area contributed by atoms with Crippen molar-refractivity contribution >= 4 is 5.91 Å². The largest absolute Gasteiger partial charge is 0.394 e. The normalized spacial score (nSPS) is 33.4. The molecule has 4 nitrogen and oxygen atoms in total. The van der Waals surface area contributed by atoms with E-state index in [4.69, 9.17) is 4.74 Å². The third kappa shape index (κ3) is 3.11. The fourth-order valence-electron chi connectivity index (χ4n) is 3.56. The van der Waals surface area contributed by atoms with Crippen molar-refractivity contribution in [3.63, 3.8) is 0 Å². The lowest BCUT2D eigenvalue weighted by Crippen LogP contribution is -2.57. The molecule has 1 saturated carbocycles. The highest BCUT2D eigenvalue weighted by Gasteiger charge is 2.44. The summed E-state index contributed by atoms with van der Waals surface area (Å²) in [6.45, 7) is 9.46. The summed E-state index contributed by atoms with van der Waals surface area (Å²) in [4.78, 5) is 14.7. The molecule has 1 heterocycles. The minimum absolute atomic E-state index is 0.0265. The second kappa shape index (κ2) is 5.06. The molecule has 0 bridgehead atoms. The van der Waals surface area contributed by atoms with E-state index in [0.717, 1.165) is 19.3 Å². The Morgan fingerprint density at radius 3 is 2.58 bits per heavy atom. The molecule has 0 spiro atoms. The maximum absolute atomic E-state index is 12.8. The van der Waals surface area contributed by atoms with Crippen LogP contribution in [-0.4, -0.2) is 47.3 Å². The van der Waals surface area contributed by atoms with Gasteiger partial charge in [0.15, 0.2) is 0 Å². The van der Waals surface area contributed by atoms with Crippen LogP contribution >= 0.6 is 0 Å². The number of ether oxygens (including phenoxy) is 1. The van der Waals surface area contributed by atoms with Gasteiger partial charge in [0, 0.05) is 19.0 Å². The summed E-state index contributed by atoms with van der Waals surface area (Å²) >= 11 is 0. The summed E-state index contributed by atoms with van der Waals surface area (Å²) in [5.41, 5.74) is -0.266. The molecule has 0 aromatic heterocycles. The molecule has 1 aliphatic carbocycles. The highest BCUT2D eigenvalue weighted by atomic mass is 16.5. The van der Waals surface area contributed by atoms with Gasteiger partial charge in [0.1, 0.15) is 0 Å². The zero-order valence-corrected chi connectivity index (χ0v) is 12.6. The number of aliphatic hydroxyl groups excluding tert-OH is 1. The molecule has 1 saturated heterocycles. The molecular formula is C15H27NO3. The van der Waals surface area contributed by atoms with E-state index in [1.165, 1.54) is 0 Å². The third-order valence-electron chi connectivity index (χ3n) is 4.55. The lowest BCUT2D eigenvalue weighted by Gasteiger charge is -2.44. The van der Waals surface area contributed by atoms with Gasteiger partial charge in [-0.3, -0.25) is 4.79 Å². The van der Waals surface area contributed by atoms with Crippen molar-refractivity contribution in [1.82, 2.24) is 4.90 Å². The van der Waals surface area contributed by atoms with Gasteiger partial charge < -0.3 is 14.7 Å². The van der Waals surface area contributed by atoms with Crippen LogP contribution in [0.15, 0.2) is 0 Å². The molecule has 2 atom stereocenters. The molecular weight excluding hydrogens is 242 g/mol. The first kappa shape index (κ1) is 14.8. The van der Waals surface area contributed by atoms with Gasteiger partial charge in [0.2, 0.25) is 5.91 Å². The molecule has 19 heavy (non-hydrogen) atoms. The Balaban J connectivity index is 2.10. The maximum atomic E-state index is 12.8. The monoisotopic (exact) mass is 269 g/mol. The Kier molecular flexibility index (Phi) is 3.94. The number of carbonyl (C=O) groups is 1. The van der Waals surface area contributed by atoms with Crippen molar-refractivity contribution in [2.24, 2.45) is 11.3 Å². The number of morpholine rings is 1. The first-order chi connectivity index (χ1) is 8.75. The number of nitrogens with zero attached hydrogens (tertiary/aromatic N) is 1. The second-order valence-corrected chi connectivity index (χ2v) is 7.33. The average molecular weight is 269 g/mol. The Morgan fingerprint density at radius 2 is 2.05 bits per heavy atom. The standard InChI is InChI=1S/C15H27NO3/c1-14(2)7-5-6-12(14)13(18)16-8-11(9-17)19-15(3,4)10-16/h11-12,17H,5-10H2,1-4H3. The van der Waals surface area contributed by atoms with Gasteiger partial charge in [-0.2, -0.15) is 0 Å². The summed E-state index contributed by atoms with van der Waals surface area (Å²) < 4.78 is 5.77. The van der Waals surface area contributed by atoms with Crippen LogP contribution in [0.1, 0.15) is 47.0 Å². The predicted molar refractivity (Wildman–Crippen MR) is 73.7 cm³/mol. The Hall–Kier alpha value is -0.610. The summed E-state index contributed by atoms with van der Waals surface area (Å²) in [6, 6.07) is 0. The van der Waals surface area contributed by atoms with E-state index in [1.54, 1.807) is 0 Å². The number of carbonyl (C=O) groups excluding carboxylic acids is 1. The molecule has 2 fully saturated rings. The third-order valence-corrected chi connectivity index (χ3v) is 4.55. The van der Waals surface area contributed by atoms with Crippen molar-refractivity contribution in [2.45, 2.75) is 58.7 Å². The Bertz CT molecular complexity index is 351. The Morgan fingerprint density at radius 1 is 1.37 bits per heavy atom. The highest BCUT2D eigenvalue weighted by molar-refractivity contribution is 5.80. The molecule has 2 unspecified atom stereocenters. The van der Waals surface area contributed by atoms with Gasteiger partial charge in [-0.05, 0) is 32.1 Å². The lowest BCUT2D eigenvalue weighted by atomic mass is 9.80. The molecule has 2 aliphatic rings. The van der Waals surface area contributed by atoms with Crippen LogP contribution in [-0.2, 0) is 9.53 Å². The first-order valence-corrected chi connectivity index (χ1v) is 7.33. The molecule has 2 rings (SSSR count). The van der Waals surface area contributed by atoms with Crippen LogP contribution in [0.2, 0.25) is 0 Å². The number of aliphatic hydroxyl groups is 1. The quantitative estimate of drug-likeness (QED) is 0.832. The molecule has 1 aliphatic heterocycles. The van der Waals surface area contributed by atoms with E-state index in [-0.39, 0.29) is 35.6 Å². The molecule has 0 aromatic carbocycles. The van der Waals surface area contributed by atoms with Gasteiger partial charge in [-0.25, -0.2) is 0 Å². The van der Waals surface area contributed by atoms with Crippen LogP contribution in [0.4, 0.5) is 0 Å². The van der Waals surface area contributed by atoms with Crippen LogP contribution in [0.3, 0.4) is 0 Å². The van der Waals surface area contributed by atoms with Crippen LogP contribution in [0.25, 0.3) is 0 Å². The van der Waals surface area contributed by atoms with Crippen LogP contribution in [0, 0.1) is 11.3 Å². The molecule has 1 N–H and O–H groups in total. The van der Waals surface area contributed by atoms with Crippen LogP contribution in [0.5, 0.6) is 0 Å². The number of hydrogen-bond acceptors (Lipinski definition) is 3. The van der Waals surface area contributed by atoms with E-state index in [2.05, 4.69) is 13.8 Å². The number of amides is 1. The molecule has 0 aromatic rings. The van der Waals surface area contributed by atoms with E-state index in [9.17, 15) is 9.90 Å². The molecule has 1 amide bonds. The van der Waals surface area contributed by atoms with Crippen molar-refractivity contribution < 1.29 is 14.6 Å². The zero-order chi connectivity index (χ0) is 14.3. The smallest absolute Gasteiger partial charge is 0.226 e. The highest BCUT2D eigenvalue weighted by Crippen LogP contribution is 2.43.